The van der Waals surface area contributed by atoms with Crippen molar-refractivity contribution in [2.24, 2.45) is 10.9 Å². The molecule has 0 spiro atoms. The Morgan fingerprint density at radius 3 is 2.46 bits per heavy atom. The number of aliphatic imine (C=N–C) groups is 1. The summed E-state index contributed by atoms with van der Waals surface area (Å²) in [5, 5.41) is 6.61. The Morgan fingerprint density at radius 2 is 1.83 bits per heavy atom. The summed E-state index contributed by atoms with van der Waals surface area (Å²) in [6.45, 7) is 6.19. The van der Waals surface area contributed by atoms with Gasteiger partial charge in [0.1, 0.15) is 6.54 Å². The lowest BCUT2D eigenvalue weighted by Gasteiger charge is -2.14. The number of hydrogen-bond donors (Lipinski definition) is 2. The van der Waals surface area contributed by atoms with E-state index in [9.17, 15) is 4.79 Å². The van der Waals surface area contributed by atoms with Gasteiger partial charge in [0.25, 0.3) is 0 Å². The van der Waals surface area contributed by atoms with Crippen molar-refractivity contribution < 1.29 is 4.79 Å². The Labute approximate surface area is 150 Å². The largest absolute Gasteiger partial charge is 0.356 e. The highest BCUT2D eigenvalue weighted by Gasteiger charge is 2.05. The number of nitrogens with one attached hydrogen (secondary N) is 2. The molecule has 0 aliphatic heterocycles. The van der Waals surface area contributed by atoms with Gasteiger partial charge in [0, 0.05) is 37.8 Å². The number of benzene rings is 1. The van der Waals surface area contributed by atoms with E-state index in [4.69, 9.17) is 0 Å². The van der Waals surface area contributed by atoms with Crippen molar-refractivity contribution in [1.82, 2.24) is 15.5 Å². The van der Waals surface area contributed by atoms with Crippen LogP contribution in [0.2, 0.25) is 0 Å². The first-order valence-electron chi connectivity index (χ1n) is 8.39. The molecule has 0 heterocycles. The maximum absolute atomic E-state index is 11.7. The van der Waals surface area contributed by atoms with Gasteiger partial charge < -0.3 is 15.5 Å². The molecule has 1 rings (SSSR count). The Hall–Kier alpha value is -1.69. The van der Waals surface area contributed by atoms with Crippen LogP contribution in [0.15, 0.2) is 40.2 Å². The van der Waals surface area contributed by atoms with E-state index in [2.05, 4.69) is 41.6 Å². The fourth-order valence-electron chi connectivity index (χ4n) is 1.80. The van der Waals surface area contributed by atoms with Crippen LogP contribution >= 0.6 is 11.8 Å². The fraction of sp³-hybridized carbons (Fsp3) is 0.556. The lowest BCUT2D eigenvalue weighted by Crippen LogP contribution is -2.40. The number of likely N-dealkylation sites (N-methyl/N-ethyl adjacent to an activating group) is 1. The van der Waals surface area contributed by atoms with Crippen molar-refractivity contribution in [1.29, 1.82) is 0 Å². The number of thioether (sulfide) groups is 1. The molecule has 2 N–H and O–H groups in total. The number of rotatable bonds is 9. The quantitative estimate of drug-likeness (QED) is 0.311. The van der Waals surface area contributed by atoms with Gasteiger partial charge in [-0.25, -0.2) is 4.99 Å². The average Bonchev–Trinajstić information content (AvgIpc) is 2.56. The number of carbonyl (C=O) groups is 1. The van der Waals surface area contributed by atoms with Crippen LogP contribution in [0.1, 0.15) is 20.3 Å². The first-order chi connectivity index (χ1) is 11.5. The first-order valence-corrected chi connectivity index (χ1v) is 9.37. The van der Waals surface area contributed by atoms with Gasteiger partial charge in [-0.2, -0.15) is 0 Å². The highest BCUT2D eigenvalue weighted by atomic mass is 32.2. The number of nitrogens with zero attached hydrogens (tertiary/aromatic N) is 2. The van der Waals surface area contributed by atoms with Crippen molar-refractivity contribution in [3.05, 3.63) is 30.3 Å². The van der Waals surface area contributed by atoms with Crippen molar-refractivity contribution in [3.63, 3.8) is 0 Å². The van der Waals surface area contributed by atoms with Crippen molar-refractivity contribution in [3.8, 4) is 0 Å². The van der Waals surface area contributed by atoms with E-state index >= 15 is 0 Å². The summed E-state index contributed by atoms with van der Waals surface area (Å²) in [4.78, 5) is 18.9. The van der Waals surface area contributed by atoms with E-state index in [0.717, 1.165) is 25.3 Å². The molecule has 24 heavy (non-hydrogen) atoms. The zero-order chi connectivity index (χ0) is 17.8. The summed E-state index contributed by atoms with van der Waals surface area (Å²) < 4.78 is 0. The van der Waals surface area contributed by atoms with Gasteiger partial charge in [-0.3, -0.25) is 4.79 Å². The molecular weight excluding hydrogens is 320 g/mol. The number of guanidine groups is 1. The summed E-state index contributed by atoms with van der Waals surface area (Å²) in [5.41, 5.74) is 0. The van der Waals surface area contributed by atoms with Crippen LogP contribution < -0.4 is 10.6 Å². The van der Waals surface area contributed by atoms with E-state index < -0.39 is 0 Å². The monoisotopic (exact) mass is 350 g/mol. The standard InChI is InChI=1S/C18H30N4OS/c1-15(2)10-11-19-18(21-14-17(23)22(3)4)20-12-13-24-16-8-6-5-7-9-16/h5-9,15H,10-14H2,1-4H3,(H2,19,20,21). The molecule has 0 aliphatic carbocycles. The Balaban J connectivity index is 2.41. The van der Waals surface area contributed by atoms with E-state index in [1.54, 1.807) is 30.8 Å². The SMILES string of the molecule is CC(C)CCNC(=NCC(=O)N(C)C)NCCSc1ccccc1. The maximum atomic E-state index is 11.7. The van der Waals surface area contributed by atoms with Crippen LogP contribution in [-0.2, 0) is 4.79 Å². The van der Waals surface area contributed by atoms with Crippen LogP contribution in [0.4, 0.5) is 0 Å². The number of hydrogen-bond acceptors (Lipinski definition) is 3. The topological polar surface area (TPSA) is 56.7 Å². The molecule has 0 unspecified atom stereocenters. The van der Waals surface area contributed by atoms with Crippen LogP contribution in [0, 0.1) is 5.92 Å². The fourth-order valence-corrected chi connectivity index (χ4v) is 2.59. The van der Waals surface area contributed by atoms with Gasteiger partial charge in [0.2, 0.25) is 5.91 Å². The molecule has 1 aromatic rings. The third-order valence-electron chi connectivity index (χ3n) is 3.29. The summed E-state index contributed by atoms with van der Waals surface area (Å²) in [5.74, 6) is 2.28. The summed E-state index contributed by atoms with van der Waals surface area (Å²) in [7, 11) is 3.49. The lowest BCUT2D eigenvalue weighted by molar-refractivity contribution is -0.127. The molecule has 1 aromatic carbocycles. The van der Waals surface area contributed by atoms with E-state index in [-0.39, 0.29) is 12.5 Å². The van der Waals surface area contributed by atoms with E-state index in [0.29, 0.717) is 11.9 Å². The lowest BCUT2D eigenvalue weighted by atomic mass is 10.1. The molecule has 1 amide bonds. The molecule has 0 fully saturated rings. The molecule has 0 bridgehead atoms. The minimum absolute atomic E-state index is 0.00128. The molecule has 0 saturated carbocycles. The predicted molar refractivity (Wildman–Crippen MR) is 104 cm³/mol. The van der Waals surface area contributed by atoms with Crippen LogP contribution in [0.3, 0.4) is 0 Å². The van der Waals surface area contributed by atoms with Crippen molar-refractivity contribution in [2.75, 3.05) is 39.5 Å². The number of amides is 1. The van der Waals surface area contributed by atoms with Gasteiger partial charge in [-0.05, 0) is 24.5 Å². The minimum atomic E-state index is -0.00128. The molecule has 0 saturated heterocycles. The molecule has 0 aliphatic rings. The van der Waals surface area contributed by atoms with Crippen molar-refractivity contribution >= 4 is 23.6 Å². The second-order valence-corrected chi connectivity index (χ2v) is 7.32. The third kappa shape index (κ3) is 9.45. The molecule has 134 valence electrons. The van der Waals surface area contributed by atoms with Gasteiger partial charge in [0.05, 0.1) is 0 Å². The molecule has 0 atom stereocenters. The molecule has 5 nitrogen and oxygen atoms in total. The van der Waals surface area contributed by atoms with Crippen molar-refractivity contribution in [2.45, 2.75) is 25.2 Å². The van der Waals surface area contributed by atoms with E-state index in [1.807, 2.05) is 18.2 Å². The molecular formula is C18H30N4OS. The third-order valence-corrected chi connectivity index (χ3v) is 4.31. The first kappa shape index (κ1) is 20.4. The Bertz CT molecular complexity index is 503. The summed E-state index contributed by atoms with van der Waals surface area (Å²) >= 11 is 1.80. The van der Waals surface area contributed by atoms with E-state index in [1.165, 1.54) is 4.90 Å². The minimum Gasteiger partial charge on any atom is -0.356 e. The second-order valence-electron chi connectivity index (χ2n) is 6.15. The average molecular weight is 351 g/mol. The Kier molecular flexibility index (Phi) is 10.00. The predicted octanol–water partition coefficient (Wildman–Crippen LogP) is 2.45. The smallest absolute Gasteiger partial charge is 0.243 e. The van der Waals surface area contributed by atoms with Crippen LogP contribution in [0.25, 0.3) is 0 Å². The van der Waals surface area contributed by atoms with Gasteiger partial charge >= 0.3 is 0 Å². The van der Waals surface area contributed by atoms with Gasteiger partial charge in [0.15, 0.2) is 5.96 Å². The van der Waals surface area contributed by atoms with Crippen LogP contribution in [-0.4, -0.2) is 56.2 Å². The highest BCUT2D eigenvalue weighted by molar-refractivity contribution is 7.99. The van der Waals surface area contributed by atoms with Crippen LogP contribution in [0.5, 0.6) is 0 Å². The zero-order valence-electron chi connectivity index (χ0n) is 15.2. The molecule has 0 radical (unpaired) electrons. The normalized spacial score (nSPS) is 11.5. The summed E-state index contributed by atoms with van der Waals surface area (Å²) in [6.07, 6.45) is 1.07. The van der Waals surface area contributed by atoms with Gasteiger partial charge in [-0.1, -0.05) is 32.0 Å². The molecule has 6 heteroatoms. The highest BCUT2D eigenvalue weighted by Crippen LogP contribution is 2.15. The summed E-state index contributed by atoms with van der Waals surface area (Å²) in [6, 6.07) is 10.3. The zero-order valence-corrected chi connectivity index (χ0v) is 16.0. The maximum Gasteiger partial charge on any atom is 0.243 e. The van der Waals surface area contributed by atoms with Gasteiger partial charge in [-0.15, -0.1) is 11.8 Å². The molecule has 0 aromatic heterocycles. The second kappa shape index (κ2) is 11.8. The Morgan fingerprint density at radius 1 is 1.17 bits per heavy atom. The number of carbonyl (C=O) groups excluding carboxylic acids is 1.